The SMILES string of the molecule is O=S(=O)(Cc1ccccc1)N1Cc2cc(O)ccc2C(c2ccc(O)cc2)C1. The molecule has 0 bridgehead atoms. The second kappa shape index (κ2) is 7.30. The van der Waals surface area contributed by atoms with E-state index in [2.05, 4.69) is 0 Å². The van der Waals surface area contributed by atoms with Crippen LogP contribution >= 0.6 is 0 Å². The van der Waals surface area contributed by atoms with Gasteiger partial charge in [0.25, 0.3) is 0 Å². The number of sulfonamides is 1. The summed E-state index contributed by atoms with van der Waals surface area (Å²) in [5.41, 5.74) is 3.45. The molecule has 0 aliphatic carbocycles. The number of nitrogens with zero attached hydrogens (tertiary/aromatic N) is 1. The van der Waals surface area contributed by atoms with Crippen LogP contribution in [0.15, 0.2) is 72.8 Å². The number of rotatable bonds is 4. The van der Waals surface area contributed by atoms with E-state index in [4.69, 9.17) is 0 Å². The number of hydrogen-bond donors (Lipinski definition) is 2. The Bertz CT molecular complexity index is 1080. The lowest BCUT2D eigenvalue weighted by Crippen LogP contribution is -2.39. The number of fused-ring (bicyclic) bond motifs is 1. The molecule has 0 saturated heterocycles. The molecule has 1 aliphatic rings. The molecule has 3 aromatic rings. The van der Waals surface area contributed by atoms with Gasteiger partial charge in [0.05, 0.1) is 5.75 Å². The van der Waals surface area contributed by atoms with Crippen molar-refractivity contribution < 1.29 is 18.6 Å². The molecule has 3 aromatic carbocycles. The molecule has 0 fully saturated rings. The average molecular weight is 395 g/mol. The molecule has 28 heavy (non-hydrogen) atoms. The van der Waals surface area contributed by atoms with Gasteiger partial charge in [0.15, 0.2) is 0 Å². The van der Waals surface area contributed by atoms with E-state index < -0.39 is 10.0 Å². The largest absolute Gasteiger partial charge is 0.508 e. The molecule has 0 amide bonds. The quantitative estimate of drug-likeness (QED) is 0.708. The molecule has 4 rings (SSSR count). The van der Waals surface area contributed by atoms with Crippen LogP contribution in [0.25, 0.3) is 0 Å². The van der Waals surface area contributed by atoms with E-state index in [1.54, 1.807) is 36.4 Å². The fourth-order valence-electron chi connectivity index (χ4n) is 3.71. The van der Waals surface area contributed by atoms with Crippen molar-refractivity contribution in [2.24, 2.45) is 0 Å². The molecule has 0 spiro atoms. The molecule has 2 N–H and O–H groups in total. The number of phenolic OH excluding ortho intramolecular Hbond substituents is 2. The van der Waals surface area contributed by atoms with Gasteiger partial charge in [-0.05, 0) is 46.5 Å². The van der Waals surface area contributed by atoms with Crippen molar-refractivity contribution in [3.05, 3.63) is 95.1 Å². The van der Waals surface area contributed by atoms with Crippen LogP contribution in [0.5, 0.6) is 11.5 Å². The normalized spacial score (nSPS) is 17.2. The maximum atomic E-state index is 13.1. The minimum Gasteiger partial charge on any atom is -0.508 e. The van der Waals surface area contributed by atoms with Crippen molar-refractivity contribution in [2.45, 2.75) is 18.2 Å². The summed E-state index contributed by atoms with van der Waals surface area (Å²) in [6.45, 7) is 0.547. The van der Waals surface area contributed by atoms with E-state index in [-0.39, 0.29) is 29.7 Å². The molecule has 1 heterocycles. The zero-order valence-electron chi connectivity index (χ0n) is 15.2. The Labute approximate surface area is 164 Å². The van der Waals surface area contributed by atoms with Crippen molar-refractivity contribution in [2.75, 3.05) is 6.54 Å². The van der Waals surface area contributed by atoms with E-state index >= 15 is 0 Å². The number of phenols is 2. The van der Waals surface area contributed by atoms with Crippen LogP contribution in [-0.4, -0.2) is 29.5 Å². The maximum Gasteiger partial charge on any atom is 0.218 e. The van der Waals surface area contributed by atoms with Gasteiger partial charge in [-0.2, -0.15) is 4.31 Å². The van der Waals surface area contributed by atoms with Crippen LogP contribution in [0.1, 0.15) is 28.2 Å². The van der Waals surface area contributed by atoms with Crippen LogP contribution < -0.4 is 0 Å². The van der Waals surface area contributed by atoms with Gasteiger partial charge < -0.3 is 10.2 Å². The van der Waals surface area contributed by atoms with Crippen LogP contribution in [0, 0.1) is 0 Å². The molecule has 1 atom stereocenters. The highest BCUT2D eigenvalue weighted by atomic mass is 32.2. The van der Waals surface area contributed by atoms with E-state index in [0.717, 1.165) is 22.3 Å². The standard InChI is InChI=1S/C22H21NO4S/c24-19-8-6-17(7-9-19)22-14-23(13-18-12-20(25)10-11-21(18)22)28(26,27)15-16-4-2-1-3-5-16/h1-12,22,24-25H,13-15H2. The third-order valence-electron chi connectivity index (χ3n) is 5.12. The van der Waals surface area contributed by atoms with Gasteiger partial charge in [-0.15, -0.1) is 0 Å². The lowest BCUT2D eigenvalue weighted by atomic mass is 9.85. The fraction of sp³-hybridized carbons (Fsp3) is 0.182. The van der Waals surface area contributed by atoms with Crippen molar-refractivity contribution in [3.8, 4) is 11.5 Å². The van der Waals surface area contributed by atoms with Gasteiger partial charge in [0.1, 0.15) is 11.5 Å². The van der Waals surface area contributed by atoms with E-state index in [1.807, 2.05) is 36.4 Å². The topological polar surface area (TPSA) is 77.8 Å². The highest BCUT2D eigenvalue weighted by Gasteiger charge is 2.33. The second-order valence-corrected chi connectivity index (χ2v) is 9.03. The second-order valence-electron chi connectivity index (χ2n) is 7.06. The summed E-state index contributed by atoms with van der Waals surface area (Å²) < 4.78 is 27.7. The van der Waals surface area contributed by atoms with Crippen LogP contribution in [-0.2, 0) is 22.3 Å². The van der Waals surface area contributed by atoms with E-state index in [0.29, 0.717) is 6.54 Å². The van der Waals surface area contributed by atoms with Crippen molar-refractivity contribution in [3.63, 3.8) is 0 Å². The third-order valence-corrected chi connectivity index (χ3v) is 6.88. The van der Waals surface area contributed by atoms with Gasteiger partial charge in [0, 0.05) is 19.0 Å². The molecular weight excluding hydrogens is 374 g/mol. The summed E-state index contributed by atoms with van der Waals surface area (Å²) in [7, 11) is -3.54. The molecule has 1 aliphatic heterocycles. The van der Waals surface area contributed by atoms with Gasteiger partial charge in [-0.25, -0.2) is 8.42 Å². The summed E-state index contributed by atoms with van der Waals surface area (Å²) >= 11 is 0. The minimum absolute atomic E-state index is 0.0652. The molecule has 0 radical (unpaired) electrons. The minimum atomic E-state index is -3.54. The first-order chi connectivity index (χ1) is 13.4. The number of hydrogen-bond acceptors (Lipinski definition) is 4. The monoisotopic (exact) mass is 395 g/mol. The highest BCUT2D eigenvalue weighted by molar-refractivity contribution is 7.88. The Balaban J connectivity index is 1.71. The van der Waals surface area contributed by atoms with Crippen LogP contribution in [0.2, 0.25) is 0 Å². The van der Waals surface area contributed by atoms with Gasteiger partial charge in [0.2, 0.25) is 10.0 Å². The van der Waals surface area contributed by atoms with Gasteiger partial charge in [-0.1, -0.05) is 48.5 Å². The molecule has 1 unspecified atom stereocenters. The summed E-state index contributed by atoms with van der Waals surface area (Å²) in [6, 6.07) is 21.1. The third kappa shape index (κ3) is 3.74. The van der Waals surface area contributed by atoms with Crippen molar-refractivity contribution in [1.82, 2.24) is 4.31 Å². The molecule has 0 saturated carbocycles. The molecule has 144 valence electrons. The number of benzene rings is 3. The predicted octanol–water partition coefficient (Wildman–Crippen LogP) is 3.58. The van der Waals surface area contributed by atoms with E-state index in [1.165, 1.54) is 4.31 Å². The Kier molecular flexibility index (Phi) is 4.83. The predicted molar refractivity (Wildman–Crippen MR) is 108 cm³/mol. The molecule has 6 heteroatoms. The highest BCUT2D eigenvalue weighted by Crippen LogP contribution is 2.37. The Morgan fingerprint density at radius 1 is 0.893 bits per heavy atom. The van der Waals surface area contributed by atoms with Gasteiger partial charge >= 0.3 is 0 Å². The average Bonchev–Trinajstić information content (AvgIpc) is 2.68. The van der Waals surface area contributed by atoms with Gasteiger partial charge in [-0.3, -0.25) is 0 Å². The summed E-state index contributed by atoms with van der Waals surface area (Å²) in [5.74, 6) is 0.0460. The smallest absolute Gasteiger partial charge is 0.218 e. The number of aromatic hydroxyl groups is 2. The van der Waals surface area contributed by atoms with Crippen LogP contribution in [0.4, 0.5) is 0 Å². The first kappa shape index (κ1) is 18.5. The van der Waals surface area contributed by atoms with Crippen molar-refractivity contribution in [1.29, 1.82) is 0 Å². The Morgan fingerprint density at radius 3 is 2.29 bits per heavy atom. The first-order valence-corrected chi connectivity index (χ1v) is 10.7. The Morgan fingerprint density at radius 2 is 1.57 bits per heavy atom. The lowest BCUT2D eigenvalue weighted by Gasteiger charge is -2.34. The van der Waals surface area contributed by atoms with E-state index in [9.17, 15) is 18.6 Å². The zero-order valence-corrected chi connectivity index (χ0v) is 16.0. The Hall–Kier alpha value is -2.83. The van der Waals surface area contributed by atoms with Crippen molar-refractivity contribution >= 4 is 10.0 Å². The zero-order chi connectivity index (χ0) is 19.7. The summed E-state index contributed by atoms with van der Waals surface area (Å²) in [5, 5.41) is 19.5. The summed E-state index contributed by atoms with van der Waals surface area (Å²) in [4.78, 5) is 0. The summed E-state index contributed by atoms with van der Waals surface area (Å²) in [6.07, 6.45) is 0. The lowest BCUT2D eigenvalue weighted by molar-refractivity contribution is 0.369. The molecule has 5 nitrogen and oxygen atoms in total. The molecular formula is C22H21NO4S. The first-order valence-electron chi connectivity index (χ1n) is 9.05. The fourth-order valence-corrected chi connectivity index (χ4v) is 5.21. The van der Waals surface area contributed by atoms with Crippen LogP contribution in [0.3, 0.4) is 0 Å². The molecule has 0 aromatic heterocycles. The maximum absolute atomic E-state index is 13.1.